The maximum absolute atomic E-state index is 12.5. The zero-order valence-corrected chi connectivity index (χ0v) is 16.7. The van der Waals surface area contributed by atoms with Crippen LogP contribution in [-0.2, 0) is 16.1 Å². The number of ether oxygens (including phenoxy) is 3. The van der Waals surface area contributed by atoms with Crippen molar-refractivity contribution >= 4 is 12.0 Å². The van der Waals surface area contributed by atoms with Gasteiger partial charge in [-0.3, -0.25) is 0 Å². The third kappa shape index (κ3) is 4.68. The molecule has 29 heavy (non-hydrogen) atoms. The Morgan fingerprint density at radius 3 is 2.55 bits per heavy atom. The summed E-state index contributed by atoms with van der Waals surface area (Å²) in [7, 11) is 1.56. The second-order valence-electron chi connectivity index (χ2n) is 6.48. The first-order valence-electron chi connectivity index (χ1n) is 9.33. The van der Waals surface area contributed by atoms with Crippen LogP contribution in [0.15, 0.2) is 59.8 Å². The molecule has 0 saturated carbocycles. The molecular weight excluding hydrogens is 372 g/mol. The molecule has 2 amide bonds. The Kier molecular flexibility index (Phi) is 6.39. The Hall–Kier alpha value is -3.48. The van der Waals surface area contributed by atoms with Gasteiger partial charge < -0.3 is 24.8 Å². The minimum Gasteiger partial charge on any atom is -0.493 e. The lowest BCUT2D eigenvalue weighted by molar-refractivity contribution is -0.139. The van der Waals surface area contributed by atoms with Crippen LogP contribution in [-0.4, -0.2) is 25.7 Å². The summed E-state index contributed by atoms with van der Waals surface area (Å²) in [4.78, 5) is 24.5. The smallest absolute Gasteiger partial charge is 0.338 e. The molecule has 0 aromatic heterocycles. The summed E-state index contributed by atoms with van der Waals surface area (Å²) < 4.78 is 16.5. The molecule has 2 aromatic carbocycles. The summed E-state index contributed by atoms with van der Waals surface area (Å²) in [6, 6.07) is 14.0. The molecule has 0 aliphatic carbocycles. The third-order valence-corrected chi connectivity index (χ3v) is 4.52. The molecule has 0 fully saturated rings. The lowest BCUT2D eigenvalue weighted by atomic mass is 9.95. The Morgan fingerprint density at radius 2 is 1.86 bits per heavy atom. The molecule has 1 aliphatic rings. The van der Waals surface area contributed by atoms with Gasteiger partial charge in [0.05, 0.1) is 25.3 Å². The first-order chi connectivity index (χ1) is 14.0. The van der Waals surface area contributed by atoms with Crippen LogP contribution in [0, 0.1) is 0 Å². The lowest BCUT2D eigenvalue weighted by Gasteiger charge is -2.28. The van der Waals surface area contributed by atoms with Gasteiger partial charge in [-0.1, -0.05) is 36.4 Å². The minimum atomic E-state index is -0.659. The van der Waals surface area contributed by atoms with Crippen molar-refractivity contribution in [2.45, 2.75) is 26.5 Å². The van der Waals surface area contributed by atoms with Crippen molar-refractivity contribution in [1.29, 1.82) is 0 Å². The SMILES string of the molecule is CCOC(=O)C1=C(C)NC(=O)N[C@H]1c1ccc(OC)c(OCc2ccccc2)c1. The summed E-state index contributed by atoms with van der Waals surface area (Å²) in [6.45, 7) is 4.01. The summed E-state index contributed by atoms with van der Waals surface area (Å²) >= 11 is 0. The predicted octanol–water partition coefficient (Wildman–Crippen LogP) is 3.47. The molecule has 0 radical (unpaired) electrons. The molecule has 0 unspecified atom stereocenters. The number of hydrogen-bond donors (Lipinski definition) is 2. The van der Waals surface area contributed by atoms with Crippen LogP contribution in [0.3, 0.4) is 0 Å². The molecule has 0 bridgehead atoms. The van der Waals surface area contributed by atoms with Gasteiger partial charge in [0.1, 0.15) is 6.61 Å². The third-order valence-electron chi connectivity index (χ3n) is 4.52. The Labute approximate surface area is 169 Å². The van der Waals surface area contributed by atoms with E-state index < -0.39 is 12.0 Å². The van der Waals surface area contributed by atoms with Gasteiger partial charge in [-0.05, 0) is 37.1 Å². The molecule has 0 spiro atoms. The van der Waals surface area contributed by atoms with Crippen molar-refractivity contribution in [1.82, 2.24) is 10.6 Å². The second-order valence-corrected chi connectivity index (χ2v) is 6.48. The van der Waals surface area contributed by atoms with Crippen LogP contribution in [0.4, 0.5) is 4.79 Å². The fourth-order valence-corrected chi connectivity index (χ4v) is 3.14. The normalized spacial score (nSPS) is 16.0. The van der Waals surface area contributed by atoms with Gasteiger partial charge in [-0.2, -0.15) is 0 Å². The standard InChI is InChI=1S/C22H24N2O5/c1-4-28-21(25)19-14(2)23-22(26)24-20(19)16-10-11-17(27-3)18(12-16)29-13-15-8-6-5-7-9-15/h5-12,20H,4,13H2,1-3H3,(H2,23,24,26)/t20-/m0/s1. The van der Waals surface area contributed by atoms with Crippen molar-refractivity contribution in [3.05, 3.63) is 70.9 Å². The first-order valence-corrected chi connectivity index (χ1v) is 9.33. The van der Waals surface area contributed by atoms with E-state index in [0.717, 1.165) is 5.56 Å². The van der Waals surface area contributed by atoms with E-state index in [-0.39, 0.29) is 12.6 Å². The fourth-order valence-electron chi connectivity index (χ4n) is 3.14. The molecular formula is C22H24N2O5. The number of benzene rings is 2. The van der Waals surface area contributed by atoms with Gasteiger partial charge in [0.25, 0.3) is 0 Å². The topological polar surface area (TPSA) is 85.9 Å². The van der Waals surface area contributed by atoms with Gasteiger partial charge in [0, 0.05) is 5.70 Å². The van der Waals surface area contributed by atoms with Gasteiger partial charge in [-0.15, -0.1) is 0 Å². The van der Waals surface area contributed by atoms with Gasteiger partial charge in [0.15, 0.2) is 11.5 Å². The van der Waals surface area contributed by atoms with Gasteiger partial charge in [0.2, 0.25) is 0 Å². The van der Waals surface area contributed by atoms with Gasteiger partial charge in [-0.25, -0.2) is 9.59 Å². The molecule has 3 rings (SSSR count). The van der Waals surface area contributed by atoms with E-state index in [1.807, 2.05) is 30.3 Å². The van der Waals surface area contributed by atoms with Crippen molar-refractivity contribution in [3.8, 4) is 11.5 Å². The van der Waals surface area contributed by atoms with E-state index >= 15 is 0 Å². The van der Waals surface area contributed by atoms with Crippen LogP contribution < -0.4 is 20.1 Å². The van der Waals surface area contributed by atoms with E-state index in [0.29, 0.717) is 34.9 Å². The predicted molar refractivity (Wildman–Crippen MR) is 108 cm³/mol. The van der Waals surface area contributed by atoms with Crippen molar-refractivity contribution < 1.29 is 23.8 Å². The molecule has 7 nitrogen and oxygen atoms in total. The molecule has 0 saturated heterocycles. The quantitative estimate of drug-likeness (QED) is 0.700. The molecule has 2 N–H and O–H groups in total. The Balaban J connectivity index is 1.93. The van der Waals surface area contributed by atoms with E-state index in [4.69, 9.17) is 14.2 Å². The van der Waals surface area contributed by atoms with E-state index in [1.54, 1.807) is 39.2 Å². The summed E-state index contributed by atoms with van der Waals surface area (Å²) in [5.74, 6) is 0.593. The van der Waals surface area contributed by atoms with Gasteiger partial charge >= 0.3 is 12.0 Å². The summed E-state index contributed by atoms with van der Waals surface area (Å²) in [5, 5.41) is 5.41. The summed E-state index contributed by atoms with van der Waals surface area (Å²) in [5.41, 5.74) is 2.51. The highest BCUT2D eigenvalue weighted by atomic mass is 16.5. The molecule has 2 aromatic rings. The highest BCUT2D eigenvalue weighted by molar-refractivity contribution is 5.95. The lowest BCUT2D eigenvalue weighted by Crippen LogP contribution is -2.45. The number of carbonyl (C=O) groups excluding carboxylic acids is 2. The Bertz CT molecular complexity index is 924. The average molecular weight is 396 g/mol. The van der Waals surface area contributed by atoms with E-state index in [9.17, 15) is 9.59 Å². The van der Waals surface area contributed by atoms with Crippen LogP contribution in [0.5, 0.6) is 11.5 Å². The number of rotatable bonds is 7. The number of allylic oxidation sites excluding steroid dienone is 1. The number of carbonyl (C=O) groups is 2. The zero-order chi connectivity index (χ0) is 20.8. The van der Waals surface area contributed by atoms with Crippen molar-refractivity contribution in [2.75, 3.05) is 13.7 Å². The monoisotopic (exact) mass is 396 g/mol. The summed E-state index contributed by atoms with van der Waals surface area (Å²) in [6.07, 6.45) is 0. The van der Waals surface area contributed by atoms with Crippen LogP contribution in [0.25, 0.3) is 0 Å². The van der Waals surface area contributed by atoms with Crippen molar-refractivity contribution in [3.63, 3.8) is 0 Å². The molecule has 1 heterocycles. The van der Waals surface area contributed by atoms with Crippen LogP contribution >= 0.6 is 0 Å². The largest absolute Gasteiger partial charge is 0.493 e. The first kappa shape index (κ1) is 20.3. The number of esters is 1. The fraction of sp³-hybridized carbons (Fsp3) is 0.273. The molecule has 152 valence electrons. The molecule has 1 atom stereocenters. The highest BCUT2D eigenvalue weighted by Gasteiger charge is 2.32. The average Bonchev–Trinajstić information content (AvgIpc) is 2.72. The van der Waals surface area contributed by atoms with Crippen LogP contribution in [0.2, 0.25) is 0 Å². The van der Waals surface area contributed by atoms with E-state index in [1.165, 1.54) is 0 Å². The molecule has 7 heteroatoms. The Morgan fingerprint density at radius 1 is 1.10 bits per heavy atom. The number of nitrogens with one attached hydrogen (secondary N) is 2. The number of urea groups is 1. The second kappa shape index (κ2) is 9.14. The highest BCUT2D eigenvalue weighted by Crippen LogP contribution is 2.35. The zero-order valence-electron chi connectivity index (χ0n) is 16.7. The molecule has 1 aliphatic heterocycles. The minimum absolute atomic E-state index is 0.240. The van der Waals surface area contributed by atoms with Crippen molar-refractivity contribution in [2.24, 2.45) is 0 Å². The van der Waals surface area contributed by atoms with E-state index in [2.05, 4.69) is 10.6 Å². The number of methoxy groups -OCH3 is 1. The number of hydrogen-bond acceptors (Lipinski definition) is 5. The maximum atomic E-state index is 12.5. The van der Waals surface area contributed by atoms with Crippen LogP contribution in [0.1, 0.15) is 31.0 Å². The maximum Gasteiger partial charge on any atom is 0.338 e. The number of amides is 2.